The topological polar surface area (TPSA) is 84.2 Å². The molecule has 0 fully saturated rings. The lowest BCUT2D eigenvalue weighted by molar-refractivity contribution is -0.117. The molecule has 0 saturated heterocycles. The number of carbonyl (C=O) groups is 2. The van der Waals surface area contributed by atoms with Crippen LogP contribution in [0.15, 0.2) is 18.2 Å². The molecule has 5 nitrogen and oxygen atoms in total. The molecule has 18 heavy (non-hydrogen) atoms. The van der Waals surface area contributed by atoms with E-state index >= 15 is 0 Å². The number of hydrogen-bond donors (Lipinski definition) is 3. The van der Waals surface area contributed by atoms with Crippen LogP contribution in [0.25, 0.3) is 0 Å². The number of hydrogen-bond acceptors (Lipinski definition) is 3. The summed E-state index contributed by atoms with van der Waals surface area (Å²) >= 11 is 5.84. The average Bonchev–Trinajstić information content (AvgIpc) is 2.31. The molecule has 0 aliphatic heterocycles. The maximum Gasteiger partial charge on any atom is 0.253 e. The van der Waals surface area contributed by atoms with Gasteiger partial charge in [0.25, 0.3) is 5.91 Å². The molecule has 0 heterocycles. The van der Waals surface area contributed by atoms with Crippen LogP contribution in [0.1, 0.15) is 24.2 Å². The van der Waals surface area contributed by atoms with Crippen LogP contribution in [0.3, 0.4) is 0 Å². The van der Waals surface area contributed by atoms with Crippen molar-refractivity contribution >= 4 is 29.1 Å². The summed E-state index contributed by atoms with van der Waals surface area (Å²) in [4.78, 5) is 23.3. The fraction of sp³-hybridized carbons (Fsp3) is 0.333. The Labute approximate surface area is 111 Å². The van der Waals surface area contributed by atoms with Crippen molar-refractivity contribution in [3.05, 3.63) is 28.8 Å². The summed E-state index contributed by atoms with van der Waals surface area (Å²) in [6, 6.07) is 4.03. The first kappa shape index (κ1) is 14.5. The van der Waals surface area contributed by atoms with Gasteiger partial charge in [-0.25, -0.2) is 0 Å². The minimum Gasteiger partial charge on any atom is -0.352 e. The van der Waals surface area contributed by atoms with Crippen LogP contribution in [0, 0.1) is 0 Å². The molecule has 2 amide bonds. The Morgan fingerprint density at radius 2 is 2.11 bits per heavy atom. The first-order chi connectivity index (χ1) is 8.45. The monoisotopic (exact) mass is 269 g/mol. The summed E-state index contributed by atoms with van der Waals surface area (Å²) in [5.41, 5.74) is 6.17. The van der Waals surface area contributed by atoms with Crippen molar-refractivity contribution in [1.82, 2.24) is 5.32 Å². The van der Waals surface area contributed by atoms with E-state index in [4.69, 9.17) is 17.3 Å². The molecular weight excluding hydrogens is 254 g/mol. The quantitative estimate of drug-likeness (QED) is 0.772. The second-order valence-electron chi connectivity index (χ2n) is 3.83. The van der Waals surface area contributed by atoms with Gasteiger partial charge in [-0.2, -0.15) is 0 Å². The first-order valence-corrected chi connectivity index (χ1v) is 5.97. The Hall–Kier alpha value is -1.59. The lowest BCUT2D eigenvalue weighted by Gasteiger charge is -2.12. The second-order valence-corrected chi connectivity index (χ2v) is 4.26. The lowest BCUT2D eigenvalue weighted by atomic mass is 10.1. The molecule has 6 heteroatoms. The molecular formula is C12H16ClN3O2. The summed E-state index contributed by atoms with van der Waals surface area (Å²) in [6.45, 7) is 3.87. The van der Waals surface area contributed by atoms with Gasteiger partial charge in [-0.1, -0.05) is 11.6 Å². The largest absolute Gasteiger partial charge is 0.352 e. The maximum atomic E-state index is 11.8. The fourth-order valence-electron chi connectivity index (χ4n) is 1.32. The Kier molecular flexibility index (Phi) is 5.12. The van der Waals surface area contributed by atoms with E-state index in [0.717, 1.165) is 0 Å². The van der Waals surface area contributed by atoms with Gasteiger partial charge in [0.2, 0.25) is 5.91 Å². The van der Waals surface area contributed by atoms with Crippen molar-refractivity contribution < 1.29 is 9.59 Å². The Bertz CT molecular complexity index is 461. The zero-order valence-electron chi connectivity index (χ0n) is 10.3. The number of nitrogens with one attached hydrogen (secondary N) is 2. The second kappa shape index (κ2) is 6.37. The van der Waals surface area contributed by atoms with E-state index in [1.54, 1.807) is 19.1 Å². The molecule has 0 spiro atoms. The number of halogens is 1. The minimum atomic E-state index is -0.650. The van der Waals surface area contributed by atoms with Gasteiger partial charge >= 0.3 is 0 Å². The van der Waals surface area contributed by atoms with Crippen molar-refractivity contribution in [1.29, 1.82) is 0 Å². The highest BCUT2D eigenvalue weighted by Crippen LogP contribution is 2.20. The third-order valence-corrected chi connectivity index (χ3v) is 2.47. The fourth-order valence-corrected chi connectivity index (χ4v) is 1.49. The number of carbonyl (C=O) groups excluding carboxylic acids is 2. The van der Waals surface area contributed by atoms with E-state index in [1.807, 2.05) is 6.92 Å². The van der Waals surface area contributed by atoms with Gasteiger partial charge in [-0.05, 0) is 32.0 Å². The maximum absolute atomic E-state index is 11.8. The van der Waals surface area contributed by atoms with Crippen LogP contribution >= 0.6 is 11.6 Å². The van der Waals surface area contributed by atoms with Crippen molar-refractivity contribution in [2.45, 2.75) is 19.9 Å². The summed E-state index contributed by atoms with van der Waals surface area (Å²) in [6.07, 6.45) is 0. The molecule has 0 bridgehead atoms. The highest BCUT2D eigenvalue weighted by molar-refractivity contribution is 6.31. The highest BCUT2D eigenvalue weighted by atomic mass is 35.5. The van der Waals surface area contributed by atoms with Gasteiger partial charge in [-0.3, -0.25) is 9.59 Å². The SMILES string of the molecule is CCNC(=O)c1cc(Cl)ccc1NC(=O)[C@H](C)N. The Morgan fingerprint density at radius 3 is 2.67 bits per heavy atom. The number of amides is 2. The average molecular weight is 270 g/mol. The van der Waals surface area contributed by atoms with Gasteiger partial charge in [-0.15, -0.1) is 0 Å². The summed E-state index contributed by atoms with van der Waals surface area (Å²) < 4.78 is 0. The highest BCUT2D eigenvalue weighted by Gasteiger charge is 2.15. The number of benzene rings is 1. The van der Waals surface area contributed by atoms with E-state index in [1.165, 1.54) is 6.07 Å². The first-order valence-electron chi connectivity index (χ1n) is 5.60. The van der Waals surface area contributed by atoms with Crippen LogP contribution < -0.4 is 16.4 Å². The van der Waals surface area contributed by atoms with Crippen molar-refractivity contribution in [3.8, 4) is 0 Å². The third kappa shape index (κ3) is 3.72. The molecule has 1 aromatic carbocycles. The Balaban J connectivity index is 3.03. The van der Waals surface area contributed by atoms with Crippen LogP contribution in [-0.4, -0.2) is 24.4 Å². The molecule has 1 aromatic rings. The predicted molar refractivity (Wildman–Crippen MR) is 71.7 cm³/mol. The molecule has 0 saturated carbocycles. The molecule has 0 aromatic heterocycles. The molecule has 98 valence electrons. The predicted octanol–water partition coefficient (Wildman–Crippen LogP) is 1.38. The van der Waals surface area contributed by atoms with Crippen molar-refractivity contribution in [2.24, 2.45) is 5.73 Å². The number of anilines is 1. The molecule has 0 aliphatic rings. The van der Waals surface area contributed by atoms with E-state index in [9.17, 15) is 9.59 Å². The molecule has 0 aliphatic carbocycles. The zero-order valence-corrected chi connectivity index (χ0v) is 11.0. The third-order valence-electron chi connectivity index (χ3n) is 2.24. The normalized spacial score (nSPS) is 11.8. The summed E-state index contributed by atoms with van der Waals surface area (Å²) in [5.74, 6) is -0.650. The van der Waals surface area contributed by atoms with Gasteiger partial charge < -0.3 is 16.4 Å². The minimum absolute atomic E-state index is 0.292. The van der Waals surface area contributed by atoms with Crippen molar-refractivity contribution in [3.63, 3.8) is 0 Å². The van der Waals surface area contributed by atoms with Crippen LogP contribution in [0.5, 0.6) is 0 Å². The lowest BCUT2D eigenvalue weighted by Crippen LogP contribution is -2.33. The van der Waals surface area contributed by atoms with Gasteiger partial charge in [0.15, 0.2) is 0 Å². The van der Waals surface area contributed by atoms with Crippen molar-refractivity contribution in [2.75, 3.05) is 11.9 Å². The van der Waals surface area contributed by atoms with Crippen LogP contribution in [0.4, 0.5) is 5.69 Å². The van der Waals surface area contributed by atoms with E-state index < -0.39 is 6.04 Å². The van der Waals surface area contributed by atoms with E-state index in [0.29, 0.717) is 22.8 Å². The molecule has 0 radical (unpaired) electrons. The Morgan fingerprint density at radius 1 is 1.44 bits per heavy atom. The standard InChI is InChI=1S/C12H16ClN3O2/c1-3-15-12(18)9-6-8(13)4-5-10(9)16-11(17)7(2)14/h4-7H,3,14H2,1-2H3,(H,15,18)(H,16,17)/t7-/m0/s1. The summed E-state index contributed by atoms with van der Waals surface area (Å²) in [7, 11) is 0. The van der Waals surface area contributed by atoms with Crippen LogP contribution in [-0.2, 0) is 4.79 Å². The van der Waals surface area contributed by atoms with Gasteiger partial charge in [0.1, 0.15) is 0 Å². The molecule has 4 N–H and O–H groups in total. The zero-order chi connectivity index (χ0) is 13.7. The van der Waals surface area contributed by atoms with E-state index in [-0.39, 0.29) is 11.8 Å². The summed E-state index contributed by atoms with van der Waals surface area (Å²) in [5, 5.41) is 5.67. The van der Waals surface area contributed by atoms with E-state index in [2.05, 4.69) is 10.6 Å². The van der Waals surface area contributed by atoms with Gasteiger partial charge in [0.05, 0.1) is 17.3 Å². The van der Waals surface area contributed by atoms with Crippen LogP contribution in [0.2, 0.25) is 5.02 Å². The van der Waals surface area contributed by atoms with Gasteiger partial charge in [0, 0.05) is 11.6 Å². The molecule has 1 atom stereocenters. The molecule has 0 unspecified atom stereocenters. The number of nitrogens with two attached hydrogens (primary N) is 1. The smallest absolute Gasteiger partial charge is 0.253 e. The molecule has 1 rings (SSSR count). The number of rotatable bonds is 4.